The molecule has 0 aliphatic heterocycles. The van der Waals surface area contributed by atoms with Gasteiger partial charge >= 0.3 is 0 Å². The van der Waals surface area contributed by atoms with Gasteiger partial charge in [-0.1, -0.05) is 13.8 Å². The first-order chi connectivity index (χ1) is 8.05. The van der Waals surface area contributed by atoms with Gasteiger partial charge in [-0.25, -0.2) is 8.42 Å². The molecule has 0 saturated carbocycles. The molecule has 0 spiro atoms. The van der Waals surface area contributed by atoms with Gasteiger partial charge in [-0.05, 0) is 32.2 Å². The smallest absolute Gasteiger partial charge is 0.152 e. The number of methoxy groups -OCH3 is 1. The molecule has 5 heteroatoms. The molecule has 0 heterocycles. The van der Waals surface area contributed by atoms with E-state index in [1.54, 1.807) is 0 Å². The molecule has 0 aromatic heterocycles. The Labute approximate surface area is 106 Å². The van der Waals surface area contributed by atoms with Crippen LogP contribution in [-0.4, -0.2) is 46.2 Å². The van der Waals surface area contributed by atoms with Gasteiger partial charge in [-0.2, -0.15) is 0 Å². The minimum absolute atomic E-state index is 0.142. The molecule has 0 aliphatic rings. The summed E-state index contributed by atoms with van der Waals surface area (Å²) in [7, 11) is -1.40. The fourth-order valence-electron chi connectivity index (χ4n) is 1.66. The van der Waals surface area contributed by atoms with Crippen molar-refractivity contribution in [2.45, 2.75) is 45.6 Å². The lowest BCUT2D eigenvalue weighted by molar-refractivity contribution is 0.217. The van der Waals surface area contributed by atoms with Gasteiger partial charge in [0.1, 0.15) is 0 Å². The molecular formula is C12H27NO3S. The molecule has 0 fully saturated rings. The number of hydrogen-bond acceptors (Lipinski definition) is 4. The molecule has 1 atom stereocenters. The summed E-state index contributed by atoms with van der Waals surface area (Å²) in [5, 5.41) is 3.43. The highest BCUT2D eigenvalue weighted by Gasteiger charge is 2.12. The SMILES string of the molecule is CCCNC(CC)CCCS(=O)(=O)CCOC. The van der Waals surface area contributed by atoms with Gasteiger partial charge in [0.15, 0.2) is 9.84 Å². The Kier molecular flexibility index (Phi) is 9.78. The van der Waals surface area contributed by atoms with Crippen molar-refractivity contribution in [3.63, 3.8) is 0 Å². The van der Waals surface area contributed by atoms with E-state index in [1.807, 2.05) is 0 Å². The van der Waals surface area contributed by atoms with Crippen molar-refractivity contribution in [3.8, 4) is 0 Å². The highest BCUT2D eigenvalue weighted by molar-refractivity contribution is 7.91. The summed E-state index contributed by atoms with van der Waals surface area (Å²) >= 11 is 0. The lowest BCUT2D eigenvalue weighted by atomic mass is 10.1. The summed E-state index contributed by atoms with van der Waals surface area (Å²) in [6.07, 6.45) is 3.84. The average molecular weight is 265 g/mol. The first-order valence-corrected chi connectivity index (χ1v) is 8.30. The third kappa shape index (κ3) is 9.56. The zero-order chi connectivity index (χ0) is 13.1. The van der Waals surface area contributed by atoms with Crippen LogP contribution in [0.2, 0.25) is 0 Å². The molecule has 17 heavy (non-hydrogen) atoms. The molecule has 0 bridgehead atoms. The molecule has 0 aliphatic carbocycles. The van der Waals surface area contributed by atoms with Crippen molar-refractivity contribution in [2.75, 3.05) is 31.8 Å². The Balaban J connectivity index is 3.79. The van der Waals surface area contributed by atoms with Crippen LogP contribution in [-0.2, 0) is 14.6 Å². The summed E-state index contributed by atoms with van der Waals surface area (Å²) in [6.45, 7) is 5.57. The summed E-state index contributed by atoms with van der Waals surface area (Å²) < 4.78 is 27.9. The molecule has 0 rings (SSSR count). The maximum atomic E-state index is 11.6. The summed E-state index contributed by atoms with van der Waals surface area (Å²) in [5.74, 6) is 0.420. The quantitative estimate of drug-likeness (QED) is 0.616. The van der Waals surface area contributed by atoms with Gasteiger partial charge < -0.3 is 10.1 Å². The summed E-state index contributed by atoms with van der Waals surface area (Å²) in [6, 6.07) is 0.451. The van der Waals surface area contributed by atoms with Crippen LogP contribution >= 0.6 is 0 Å². The Morgan fingerprint density at radius 1 is 1.24 bits per heavy atom. The Morgan fingerprint density at radius 2 is 1.94 bits per heavy atom. The van der Waals surface area contributed by atoms with E-state index in [0.717, 1.165) is 32.2 Å². The standard InChI is InChI=1S/C12H27NO3S/c1-4-8-13-12(5-2)7-6-10-17(14,15)11-9-16-3/h12-13H,4-11H2,1-3H3. The maximum absolute atomic E-state index is 11.6. The van der Waals surface area contributed by atoms with E-state index < -0.39 is 9.84 Å². The predicted molar refractivity (Wildman–Crippen MR) is 72.1 cm³/mol. The van der Waals surface area contributed by atoms with Gasteiger partial charge in [0.05, 0.1) is 18.1 Å². The zero-order valence-corrected chi connectivity index (χ0v) is 12.2. The van der Waals surface area contributed by atoms with Crippen LogP contribution in [0, 0.1) is 0 Å². The van der Waals surface area contributed by atoms with Gasteiger partial charge in [0.25, 0.3) is 0 Å². The van der Waals surface area contributed by atoms with Crippen LogP contribution in [0.1, 0.15) is 39.5 Å². The second-order valence-electron chi connectivity index (χ2n) is 4.35. The summed E-state index contributed by atoms with van der Waals surface area (Å²) in [5.41, 5.74) is 0. The molecule has 0 radical (unpaired) electrons. The number of nitrogens with one attached hydrogen (secondary N) is 1. The third-order valence-corrected chi connectivity index (χ3v) is 4.48. The highest BCUT2D eigenvalue weighted by atomic mass is 32.2. The van der Waals surface area contributed by atoms with E-state index >= 15 is 0 Å². The van der Waals surface area contributed by atoms with Crippen molar-refractivity contribution in [1.82, 2.24) is 5.32 Å². The number of ether oxygens (including phenoxy) is 1. The maximum Gasteiger partial charge on any atom is 0.152 e. The lowest BCUT2D eigenvalue weighted by Gasteiger charge is -2.16. The van der Waals surface area contributed by atoms with Crippen molar-refractivity contribution in [3.05, 3.63) is 0 Å². The first-order valence-electron chi connectivity index (χ1n) is 6.48. The monoisotopic (exact) mass is 265 g/mol. The van der Waals surface area contributed by atoms with Crippen LogP contribution in [0.3, 0.4) is 0 Å². The van der Waals surface area contributed by atoms with E-state index in [0.29, 0.717) is 12.6 Å². The van der Waals surface area contributed by atoms with Crippen LogP contribution in [0.15, 0.2) is 0 Å². The number of rotatable bonds is 11. The molecular weight excluding hydrogens is 238 g/mol. The second kappa shape index (κ2) is 9.85. The van der Waals surface area contributed by atoms with Gasteiger partial charge in [0, 0.05) is 13.2 Å². The molecule has 4 nitrogen and oxygen atoms in total. The van der Waals surface area contributed by atoms with E-state index in [2.05, 4.69) is 19.2 Å². The van der Waals surface area contributed by atoms with Crippen molar-refractivity contribution < 1.29 is 13.2 Å². The second-order valence-corrected chi connectivity index (χ2v) is 6.65. The lowest BCUT2D eigenvalue weighted by Crippen LogP contribution is -2.29. The largest absolute Gasteiger partial charge is 0.384 e. The van der Waals surface area contributed by atoms with Gasteiger partial charge in [-0.15, -0.1) is 0 Å². The van der Waals surface area contributed by atoms with E-state index in [4.69, 9.17) is 4.74 Å². The molecule has 0 aromatic rings. The molecule has 1 unspecified atom stereocenters. The van der Waals surface area contributed by atoms with E-state index in [9.17, 15) is 8.42 Å². The van der Waals surface area contributed by atoms with Crippen LogP contribution < -0.4 is 5.32 Å². The van der Waals surface area contributed by atoms with Crippen molar-refractivity contribution in [1.29, 1.82) is 0 Å². The average Bonchev–Trinajstić information content (AvgIpc) is 2.31. The molecule has 0 aromatic carbocycles. The van der Waals surface area contributed by atoms with Gasteiger partial charge in [0.2, 0.25) is 0 Å². The Bertz CT molecular complexity index is 265. The minimum atomic E-state index is -2.92. The molecule has 0 saturated heterocycles. The fraction of sp³-hybridized carbons (Fsp3) is 1.00. The number of hydrogen-bond donors (Lipinski definition) is 1. The molecule has 104 valence electrons. The fourth-order valence-corrected chi connectivity index (χ4v) is 2.89. The first kappa shape index (κ1) is 16.9. The van der Waals surface area contributed by atoms with Crippen molar-refractivity contribution in [2.24, 2.45) is 0 Å². The number of sulfone groups is 1. The van der Waals surface area contributed by atoms with Crippen LogP contribution in [0.5, 0.6) is 0 Å². The normalized spacial score (nSPS) is 13.8. The molecule has 0 amide bonds. The Morgan fingerprint density at radius 3 is 2.47 bits per heavy atom. The Hall–Kier alpha value is -0.130. The van der Waals surface area contributed by atoms with Crippen LogP contribution in [0.25, 0.3) is 0 Å². The van der Waals surface area contributed by atoms with E-state index in [1.165, 1.54) is 7.11 Å². The van der Waals surface area contributed by atoms with Crippen LogP contribution in [0.4, 0.5) is 0 Å². The highest BCUT2D eigenvalue weighted by Crippen LogP contribution is 2.05. The topological polar surface area (TPSA) is 55.4 Å². The van der Waals surface area contributed by atoms with E-state index in [-0.39, 0.29) is 11.5 Å². The third-order valence-electron chi connectivity index (χ3n) is 2.78. The zero-order valence-electron chi connectivity index (χ0n) is 11.4. The predicted octanol–water partition coefficient (Wildman–Crippen LogP) is 1.61. The molecule has 1 N–H and O–H groups in total. The minimum Gasteiger partial charge on any atom is -0.384 e. The van der Waals surface area contributed by atoms with Crippen molar-refractivity contribution >= 4 is 9.84 Å². The summed E-state index contributed by atoms with van der Waals surface area (Å²) in [4.78, 5) is 0. The van der Waals surface area contributed by atoms with Gasteiger partial charge in [-0.3, -0.25) is 0 Å².